The van der Waals surface area contributed by atoms with Gasteiger partial charge in [0.2, 0.25) is 0 Å². The zero-order valence-corrected chi connectivity index (χ0v) is 17.2. The molecule has 0 aromatic carbocycles. The normalized spacial score (nSPS) is 28.9. The second-order valence-electron chi connectivity index (χ2n) is 9.81. The zero-order chi connectivity index (χ0) is 19.2. The van der Waals surface area contributed by atoms with Crippen molar-refractivity contribution in [3.05, 3.63) is 24.3 Å². The van der Waals surface area contributed by atoms with E-state index in [0.29, 0.717) is 29.9 Å². The van der Waals surface area contributed by atoms with Gasteiger partial charge >= 0.3 is 0 Å². The molecule has 0 bridgehead atoms. The van der Waals surface area contributed by atoms with Crippen molar-refractivity contribution in [2.45, 2.75) is 71.3 Å². The monoisotopic (exact) mass is 370 g/mol. The van der Waals surface area contributed by atoms with Crippen molar-refractivity contribution in [2.24, 2.45) is 24.3 Å². The fourth-order valence-corrected chi connectivity index (χ4v) is 5.18. The SMILES string of the molecule is Cn1nccc1-c1ncn(C2CC(CO)C2)c1C1CCC(C(C)(C)C)CC1. The Kier molecular flexibility index (Phi) is 4.91. The minimum absolute atomic E-state index is 0.311. The highest BCUT2D eigenvalue weighted by Crippen LogP contribution is 2.47. The van der Waals surface area contributed by atoms with Crippen LogP contribution in [-0.2, 0) is 7.05 Å². The van der Waals surface area contributed by atoms with Crippen LogP contribution in [0.15, 0.2) is 18.6 Å². The predicted molar refractivity (Wildman–Crippen MR) is 107 cm³/mol. The van der Waals surface area contributed by atoms with E-state index in [4.69, 9.17) is 4.98 Å². The Morgan fingerprint density at radius 2 is 1.85 bits per heavy atom. The van der Waals surface area contributed by atoms with Gasteiger partial charge in [0.05, 0.1) is 17.7 Å². The highest BCUT2D eigenvalue weighted by molar-refractivity contribution is 5.58. The number of hydrogen-bond acceptors (Lipinski definition) is 3. The van der Waals surface area contributed by atoms with Crippen LogP contribution in [0.4, 0.5) is 0 Å². The number of aliphatic hydroxyl groups excluding tert-OH is 1. The van der Waals surface area contributed by atoms with E-state index < -0.39 is 0 Å². The predicted octanol–water partition coefficient (Wildman–Crippen LogP) is 4.55. The Bertz CT molecular complexity index is 771. The van der Waals surface area contributed by atoms with Crippen molar-refractivity contribution in [1.82, 2.24) is 19.3 Å². The Labute approximate surface area is 162 Å². The summed E-state index contributed by atoms with van der Waals surface area (Å²) in [5, 5.41) is 13.8. The molecule has 0 atom stereocenters. The van der Waals surface area contributed by atoms with Gasteiger partial charge in [-0.15, -0.1) is 0 Å². The largest absolute Gasteiger partial charge is 0.396 e. The number of aromatic nitrogens is 4. The van der Waals surface area contributed by atoms with Crippen molar-refractivity contribution in [2.75, 3.05) is 6.61 Å². The highest BCUT2D eigenvalue weighted by atomic mass is 16.3. The molecule has 0 radical (unpaired) electrons. The standard InChI is InChI=1S/C22H34N4O/c1-22(2,3)17-7-5-16(6-8-17)21-20(19-9-10-24-25(19)4)23-14-26(21)18-11-15(12-18)13-27/h9-10,14-18,27H,5-8,11-13H2,1-4H3. The topological polar surface area (TPSA) is 55.9 Å². The first-order valence-corrected chi connectivity index (χ1v) is 10.5. The molecule has 0 spiro atoms. The van der Waals surface area contributed by atoms with Crippen molar-refractivity contribution < 1.29 is 5.11 Å². The Hall–Kier alpha value is -1.62. The average molecular weight is 371 g/mol. The van der Waals surface area contributed by atoms with Crippen molar-refractivity contribution in [3.63, 3.8) is 0 Å². The quantitative estimate of drug-likeness (QED) is 0.859. The number of rotatable bonds is 4. The number of aliphatic hydroxyl groups is 1. The van der Waals surface area contributed by atoms with Gasteiger partial charge in [-0.1, -0.05) is 20.8 Å². The summed E-state index contributed by atoms with van der Waals surface area (Å²) in [7, 11) is 2.00. The molecule has 2 saturated carbocycles. The smallest absolute Gasteiger partial charge is 0.110 e. The summed E-state index contributed by atoms with van der Waals surface area (Å²) in [4.78, 5) is 4.86. The van der Waals surface area contributed by atoms with Crippen LogP contribution in [-0.4, -0.2) is 31.0 Å². The van der Waals surface area contributed by atoms with Crippen LogP contribution in [0.1, 0.15) is 76.9 Å². The van der Waals surface area contributed by atoms with Gasteiger partial charge in [0.15, 0.2) is 0 Å². The van der Waals surface area contributed by atoms with Crippen LogP contribution >= 0.6 is 0 Å². The molecule has 0 amide bonds. The molecule has 4 rings (SSSR count). The van der Waals surface area contributed by atoms with Gasteiger partial charge < -0.3 is 9.67 Å². The van der Waals surface area contributed by atoms with Gasteiger partial charge in [-0.05, 0) is 61.8 Å². The third kappa shape index (κ3) is 3.46. The van der Waals surface area contributed by atoms with E-state index in [1.165, 1.54) is 31.4 Å². The molecule has 2 aliphatic carbocycles. The Morgan fingerprint density at radius 1 is 1.15 bits per heavy atom. The van der Waals surface area contributed by atoms with E-state index in [1.54, 1.807) is 0 Å². The number of aryl methyl sites for hydroxylation is 1. The second kappa shape index (κ2) is 7.08. The third-order valence-corrected chi connectivity index (χ3v) is 7.10. The fourth-order valence-electron chi connectivity index (χ4n) is 5.18. The molecule has 27 heavy (non-hydrogen) atoms. The summed E-state index contributed by atoms with van der Waals surface area (Å²) in [6.45, 7) is 7.46. The van der Waals surface area contributed by atoms with Gasteiger partial charge in [-0.25, -0.2) is 4.98 Å². The maximum Gasteiger partial charge on any atom is 0.110 e. The molecule has 0 aliphatic heterocycles. The molecule has 2 heterocycles. The van der Waals surface area contributed by atoms with Gasteiger partial charge in [0, 0.05) is 31.8 Å². The van der Waals surface area contributed by atoms with Crippen LogP contribution in [0.2, 0.25) is 0 Å². The minimum atomic E-state index is 0.311. The summed E-state index contributed by atoms with van der Waals surface area (Å²) in [5.41, 5.74) is 4.03. The van der Waals surface area contributed by atoms with Gasteiger partial charge in [0.25, 0.3) is 0 Å². The van der Waals surface area contributed by atoms with E-state index >= 15 is 0 Å². The van der Waals surface area contributed by atoms with Crippen LogP contribution in [0.5, 0.6) is 0 Å². The van der Waals surface area contributed by atoms with Crippen LogP contribution in [0, 0.1) is 17.3 Å². The molecule has 2 aromatic heterocycles. The highest BCUT2D eigenvalue weighted by Gasteiger charge is 2.37. The number of nitrogens with zero attached hydrogens (tertiary/aromatic N) is 4. The number of imidazole rings is 1. The molecule has 148 valence electrons. The molecule has 1 N–H and O–H groups in total. The summed E-state index contributed by atoms with van der Waals surface area (Å²) in [6.07, 6.45) is 11.1. The summed E-state index contributed by atoms with van der Waals surface area (Å²) in [6, 6.07) is 2.57. The average Bonchev–Trinajstić information content (AvgIpc) is 3.19. The fraction of sp³-hybridized carbons (Fsp3) is 0.727. The molecular formula is C22H34N4O. The van der Waals surface area contributed by atoms with Crippen LogP contribution in [0.25, 0.3) is 11.4 Å². The molecule has 2 aliphatic rings. The summed E-state index contributed by atoms with van der Waals surface area (Å²) < 4.78 is 4.38. The summed E-state index contributed by atoms with van der Waals surface area (Å²) in [5.74, 6) is 1.85. The summed E-state index contributed by atoms with van der Waals surface area (Å²) >= 11 is 0. The lowest BCUT2D eigenvalue weighted by Crippen LogP contribution is -2.31. The lowest BCUT2D eigenvalue weighted by molar-refractivity contribution is 0.108. The molecule has 5 heteroatoms. The molecule has 5 nitrogen and oxygen atoms in total. The first kappa shape index (κ1) is 18.7. The van der Waals surface area contributed by atoms with Crippen molar-refractivity contribution in [1.29, 1.82) is 0 Å². The maximum absolute atomic E-state index is 9.43. The van der Waals surface area contributed by atoms with Crippen molar-refractivity contribution in [3.8, 4) is 11.4 Å². The Morgan fingerprint density at radius 3 is 2.41 bits per heavy atom. The van der Waals surface area contributed by atoms with E-state index in [-0.39, 0.29) is 0 Å². The number of hydrogen-bond donors (Lipinski definition) is 1. The van der Waals surface area contributed by atoms with Gasteiger partial charge in [0.1, 0.15) is 5.69 Å². The first-order valence-electron chi connectivity index (χ1n) is 10.5. The molecular weight excluding hydrogens is 336 g/mol. The molecule has 0 saturated heterocycles. The molecule has 2 fully saturated rings. The molecule has 0 unspecified atom stereocenters. The van der Waals surface area contributed by atoms with E-state index in [9.17, 15) is 5.11 Å². The third-order valence-electron chi connectivity index (χ3n) is 7.10. The molecule has 2 aromatic rings. The van der Waals surface area contributed by atoms with Gasteiger partial charge in [-0.2, -0.15) is 5.10 Å². The zero-order valence-electron chi connectivity index (χ0n) is 17.2. The Balaban J connectivity index is 1.63. The first-order chi connectivity index (χ1) is 12.9. The van der Waals surface area contributed by atoms with E-state index in [2.05, 4.69) is 36.5 Å². The minimum Gasteiger partial charge on any atom is -0.396 e. The van der Waals surface area contributed by atoms with Gasteiger partial charge in [-0.3, -0.25) is 4.68 Å². The van der Waals surface area contributed by atoms with Crippen molar-refractivity contribution >= 4 is 0 Å². The second-order valence-corrected chi connectivity index (χ2v) is 9.81. The lowest BCUT2D eigenvalue weighted by Gasteiger charge is -2.40. The van der Waals surface area contributed by atoms with E-state index in [1.807, 2.05) is 24.3 Å². The van der Waals surface area contributed by atoms with E-state index in [0.717, 1.165) is 30.1 Å². The maximum atomic E-state index is 9.43. The van der Waals surface area contributed by atoms with Crippen LogP contribution < -0.4 is 0 Å². The van der Waals surface area contributed by atoms with Crippen LogP contribution in [0.3, 0.4) is 0 Å². The lowest BCUT2D eigenvalue weighted by atomic mass is 9.69.